The van der Waals surface area contributed by atoms with Gasteiger partial charge in [0.15, 0.2) is 0 Å². The first-order valence-corrected chi connectivity index (χ1v) is 5.14. The number of carboxylic acids is 1. The van der Waals surface area contributed by atoms with Crippen molar-refractivity contribution in [3.63, 3.8) is 0 Å². The molecule has 0 aliphatic rings. The molecule has 0 saturated heterocycles. The van der Waals surface area contributed by atoms with E-state index in [1.54, 1.807) is 6.08 Å². The zero-order chi connectivity index (χ0) is 11.0. The summed E-state index contributed by atoms with van der Waals surface area (Å²) in [5, 5.41) is 8.33. The molecule has 0 unspecified atom stereocenters. The van der Waals surface area contributed by atoms with Crippen molar-refractivity contribution in [1.29, 1.82) is 0 Å². The normalized spacial score (nSPS) is 9.36. The monoisotopic (exact) mass is 256 g/mol. The van der Waals surface area contributed by atoms with Gasteiger partial charge in [0.2, 0.25) is 0 Å². The Morgan fingerprint density at radius 3 is 2.21 bits per heavy atom. The Balaban J connectivity index is 0.000000791. The van der Waals surface area contributed by atoms with Gasteiger partial charge in [-0.25, -0.2) is 4.79 Å². The third-order valence-corrected chi connectivity index (χ3v) is 1.82. The molecule has 1 N–H and O–H groups in total. The minimum absolute atomic E-state index is 0.876. The molecule has 0 heterocycles. The average molecular weight is 257 g/mol. The van der Waals surface area contributed by atoms with Gasteiger partial charge in [0.1, 0.15) is 0 Å². The van der Waals surface area contributed by atoms with Crippen LogP contribution in [0.1, 0.15) is 19.4 Å². The molecule has 0 saturated carbocycles. The van der Waals surface area contributed by atoms with Crippen LogP contribution in [0.15, 0.2) is 34.8 Å². The maximum absolute atomic E-state index is 10.1. The van der Waals surface area contributed by atoms with E-state index in [2.05, 4.69) is 15.9 Å². The van der Waals surface area contributed by atoms with E-state index < -0.39 is 5.97 Å². The van der Waals surface area contributed by atoms with Gasteiger partial charge in [0.25, 0.3) is 0 Å². The van der Waals surface area contributed by atoms with Crippen molar-refractivity contribution in [3.05, 3.63) is 40.4 Å². The summed E-state index contributed by atoms with van der Waals surface area (Å²) >= 11 is 3.29. The van der Waals surface area contributed by atoms with Crippen LogP contribution in [0.3, 0.4) is 0 Å². The fraction of sp³-hybridized carbons (Fsp3) is 0.182. The largest absolute Gasteiger partial charge is 0.478 e. The number of carbonyl (C=O) groups is 1. The third-order valence-electron chi connectivity index (χ3n) is 1.29. The molecule has 3 heteroatoms. The van der Waals surface area contributed by atoms with Crippen LogP contribution >= 0.6 is 15.9 Å². The smallest absolute Gasteiger partial charge is 0.328 e. The Hall–Kier alpha value is -1.09. The number of hydrogen-bond donors (Lipinski definition) is 1. The number of rotatable bonds is 2. The van der Waals surface area contributed by atoms with Crippen LogP contribution < -0.4 is 0 Å². The van der Waals surface area contributed by atoms with Crippen LogP contribution in [0.4, 0.5) is 0 Å². The van der Waals surface area contributed by atoms with Gasteiger partial charge in [-0.2, -0.15) is 0 Å². The van der Waals surface area contributed by atoms with Crippen LogP contribution in [0, 0.1) is 0 Å². The lowest BCUT2D eigenvalue weighted by Crippen LogP contribution is -1.85. The lowest BCUT2D eigenvalue weighted by atomic mass is 10.2. The van der Waals surface area contributed by atoms with Gasteiger partial charge in [-0.1, -0.05) is 41.9 Å². The number of hydrogen-bond acceptors (Lipinski definition) is 1. The molecule has 0 radical (unpaired) electrons. The maximum Gasteiger partial charge on any atom is 0.328 e. The molecule has 0 fully saturated rings. The summed E-state index contributed by atoms with van der Waals surface area (Å²) in [5.74, 6) is -0.932. The second-order valence-corrected chi connectivity index (χ2v) is 3.14. The summed E-state index contributed by atoms with van der Waals surface area (Å²) in [5.41, 5.74) is 0.876. The Bertz CT molecular complexity index is 302. The van der Waals surface area contributed by atoms with Gasteiger partial charge >= 0.3 is 5.97 Å². The first-order chi connectivity index (χ1) is 6.68. The van der Waals surface area contributed by atoms with Gasteiger partial charge in [0.05, 0.1) is 0 Å². The van der Waals surface area contributed by atoms with Crippen molar-refractivity contribution in [1.82, 2.24) is 0 Å². The van der Waals surface area contributed by atoms with Crippen LogP contribution in [-0.4, -0.2) is 11.1 Å². The molecule has 0 aliphatic carbocycles. The first kappa shape index (κ1) is 12.9. The van der Waals surface area contributed by atoms with Crippen LogP contribution in [-0.2, 0) is 4.79 Å². The predicted molar refractivity (Wildman–Crippen MR) is 62.2 cm³/mol. The second-order valence-electron chi connectivity index (χ2n) is 2.22. The Morgan fingerprint density at radius 2 is 1.79 bits per heavy atom. The Labute approximate surface area is 92.4 Å². The summed E-state index contributed by atoms with van der Waals surface area (Å²) in [6.07, 6.45) is 2.66. The second kappa shape index (κ2) is 7.33. The predicted octanol–water partition coefficient (Wildman–Crippen LogP) is 3.57. The van der Waals surface area contributed by atoms with Crippen LogP contribution in [0.5, 0.6) is 0 Å². The molecule has 0 amide bonds. The van der Waals surface area contributed by atoms with Crippen LogP contribution in [0.25, 0.3) is 6.08 Å². The molecule has 1 aromatic rings. The summed E-state index contributed by atoms with van der Waals surface area (Å²) < 4.78 is 0.981. The van der Waals surface area contributed by atoms with Crippen molar-refractivity contribution in [3.8, 4) is 0 Å². The Morgan fingerprint density at radius 1 is 1.29 bits per heavy atom. The maximum atomic E-state index is 10.1. The molecule has 0 atom stereocenters. The van der Waals surface area contributed by atoms with E-state index >= 15 is 0 Å². The number of aliphatic carboxylic acids is 1. The van der Waals surface area contributed by atoms with E-state index in [-0.39, 0.29) is 0 Å². The fourth-order valence-corrected chi connectivity index (χ4v) is 1.01. The number of benzene rings is 1. The minimum Gasteiger partial charge on any atom is -0.478 e. The summed E-state index contributed by atoms with van der Waals surface area (Å²) in [6.45, 7) is 4.00. The molecular formula is C11H13BrO2. The zero-order valence-corrected chi connectivity index (χ0v) is 9.78. The number of carboxylic acid groups (broad SMARTS) is 1. The quantitative estimate of drug-likeness (QED) is 0.822. The molecule has 0 aromatic heterocycles. The summed E-state index contributed by atoms with van der Waals surface area (Å²) in [4.78, 5) is 10.1. The molecular weight excluding hydrogens is 244 g/mol. The van der Waals surface area contributed by atoms with Gasteiger partial charge in [-0.15, -0.1) is 0 Å². The van der Waals surface area contributed by atoms with E-state index in [0.29, 0.717) is 0 Å². The molecule has 0 aliphatic heterocycles. The van der Waals surface area contributed by atoms with Crippen molar-refractivity contribution in [2.45, 2.75) is 13.8 Å². The van der Waals surface area contributed by atoms with Crippen molar-refractivity contribution < 1.29 is 9.90 Å². The molecule has 1 aromatic carbocycles. The molecule has 1 rings (SSSR count). The van der Waals surface area contributed by atoms with Crippen LogP contribution in [0.2, 0.25) is 0 Å². The van der Waals surface area contributed by atoms with E-state index in [1.807, 2.05) is 38.1 Å². The topological polar surface area (TPSA) is 37.3 Å². The zero-order valence-electron chi connectivity index (χ0n) is 8.20. The Kier molecular flexibility index (Phi) is 6.76. The van der Waals surface area contributed by atoms with E-state index in [1.165, 1.54) is 0 Å². The van der Waals surface area contributed by atoms with Gasteiger partial charge < -0.3 is 5.11 Å². The van der Waals surface area contributed by atoms with Gasteiger partial charge in [0, 0.05) is 10.5 Å². The van der Waals surface area contributed by atoms with Gasteiger partial charge in [-0.05, 0) is 23.8 Å². The molecule has 14 heavy (non-hydrogen) atoms. The standard InChI is InChI=1S/C9H7BrO2.C2H6/c10-8-4-1-7(2-5-8)3-6-9(11)12;1-2/h1-6H,(H,11,12);1-2H3/b6-3+;. The highest BCUT2D eigenvalue weighted by atomic mass is 79.9. The average Bonchev–Trinajstić information content (AvgIpc) is 2.20. The fourth-order valence-electron chi connectivity index (χ4n) is 0.741. The third kappa shape index (κ3) is 5.54. The highest BCUT2D eigenvalue weighted by Gasteiger charge is 1.89. The van der Waals surface area contributed by atoms with Crippen molar-refractivity contribution in [2.75, 3.05) is 0 Å². The highest BCUT2D eigenvalue weighted by Crippen LogP contribution is 2.11. The summed E-state index contributed by atoms with van der Waals surface area (Å²) in [6, 6.07) is 7.40. The minimum atomic E-state index is -0.932. The first-order valence-electron chi connectivity index (χ1n) is 4.35. The summed E-state index contributed by atoms with van der Waals surface area (Å²) in [7, 11) is 0. The van der Waals surface area contributed by atoms with E-state index in [4.69, 9.17) is 5.11 Å². The SMILES string of the molecule is CC.O=C(O)/C=C/c1ccc(Br)cc1. The lowest BCUT2D eigenvalue weighted by molar-refractivity contribution is -0.131. The van der Waals surface area contributed by atoms with E-state index in [9.17, 15) is 4.79 Å². The lowest BCUT2D eigenvalue weighted by Gasteiger charge is -1.91. The number of halogens is 1. The molecule has 0 spiro atoms. The van der Waals surface area contributed by atoms with Gasteiger partial charge in [-0.3, -0.25) is 0 Å². The molecule has 76 valence electrons. The highest BCUT2D eigenvalue weighted by molar-refractivity contribution is 9.10. The van der Waals surface area contributed by atoms with Crippen molar-refractivity contribution in [2.24, 2.45) is 0 Å². The van der Waals surface area contributed by atoms with E-state index in [0.717, 1.165) is 16.1 Å². The molecule has 0 bridgehead atoms. The molecule has 2 nitrogen and oxygen atoms in total. The van der Waals surface area contributed by atoms with Crippen molar-refractivity contribution >= 4 is 28.0 Å².